The molecule has 3 aromatic rings. The number of halogens is 3. The van der Waals surface area contributed by atoms with Crippen LogP contribution in [0, 0.1) is 22.9 Å². The number of benzene rings is 1. The molecule has 2 saturated heterocycles. The van der Waals surface area contributed by atoms with Crippen molar-refractivity contribution in [2.24, 2.45) is 4.99 Å². The Kier molecular flexibility index (Phi) is 6.17. The number of amidine groups is 1. The van der Waals surface area contributed by atoms with Crippen LogP contribution < -0.4 is 9.47 Å². The van der Waals surface area contributed by atoms with Gasteiger partial charge in [-0.15, -0.1) is 0 Å². The van der Waals surface area contributed by atoms with Crippen LogP contribution in [0.1, 0.15) is 6.92 Å². The van der Waals surface area contributed by atoms with Crippen molar-refractivity contribution < 1.29 is 37.2 Å². The lowest BCUT2D eigenvalue weighted by Gasteiger charge is -2.16. The minimum Gasteiger partial charge on any atom is -0.488 e. The minimum absolute atomic E-state index is 0.0583. The first kappa shape index (κ1) is 23.3. The van der Waals surface area contributed by atoms with Gasteiger partial charge in [-0.2, -0.15) is 0 Å². The van der Waals surface area contributed by atoms with Gasteiger partial charge in [0.1, 0.15) is 53.8 Å². The van der Waals surface area contributed by atoms with E-state index in [1.165, 1.54) is 19.2 Å². The molecule has 2 aliphatic heterocycles. The molecule has 184 valence electrons. The van der Waals surface area contributed by atoms with Gasteiger partial charge in [-0.05, 0) is 6.92 Å². The highest BCUT2D eigenvalue weighted by atomic mass is 19.1. The quantitative estimate of drug-likeness (QED) is 0.361. The third kappa shape index (κ3) is 4.59. The first-order valence-corrected chi connectivity index (χ1v) is 10.8. The molecule has 3 N–H and O–H groups in total. The number of H-pyrrole nitrogens is 1. The third-order valence-corrected chi connectivity index (χ3v) is 5.65. The number of rotatable bonds is 6. The summed E-state index contributed by atoms with van der Waals surface area (Å²) in [6.07, 6.45) is -0.857. The minimum atomic E-state index is -1.05. The summed E-state index contributed by atoms with van der Waals surface area (Å²) in [5.74, 6) is -2.85. The van der Waals surface area contributed by atoms with E-state index in [4.69, 9.17) is 24.4 Å². The first-order chi connectivity index (χ1) is 16.8. The largest absolute Gasteiger partial charge is 0.488 e. The van der Waals surface area contributed by atoms with Crippen LogP contribution in [0.4, 0.5) is 13.2 Å². The molecule has 35 heavy (non-hydrogen) atoms. The number of aliphatic hydroxyl groups is 1. The van der Waals surface area contributed by atoms with Crippen LogP contribution in [0.3, 0.4) is 0 Å². The second-order valence-electron chi connectivity index (χ2n) is 8.17. The summed E-state index contributed by atoms with van der Waals surface area (Å²) in [7, 11) is 0. The molecule has 0 aliphatic carbocycles. The van der Waals surface area contributed by atoms with Gasteiger partial charge >= 0.3 is 0 Å². The molecular weight excluding hydrogens is 469 g/mol. The smallest absolute Gasteiger partial charge is 0.193 e. The van der Waals surface area contributed by atoms with Gasteiger partial charge < -0.3 is 29.0 Å². The lowest BCUT2D eigenvalue weighted by Crippen LogP contribution is -2.34. The Morgan fingerprint density at radius 1 is 1.17 bits per heavy atom. The van der Waals surface area contributed by atoms with E-state index in [0.29, 0.717) is 0 Å². The van der Waals surface area contributed by atoms with E-state index in [0.717, 1.165) is 18.2 Å². The van der Waals surface area contributed by atoms with Crippen molar-refractivity contribution in [2.45, 2.75) is 31.3 Å². The zero-order valence-corrected chi connectivity index (χ0v) is 18.4. The topological polar surface area (TPSA) is 122 Å². The summed E-state index contributed by atoms with van der Waals surface area (Å²) in [6, 6.07) is 4.41. The standard InChI is InChI=1S/C23H21F3N4O5/c1-10(27)28-2-3-32-11-4-12(24)20(13(25)5-11)21-14(26)6-15-16(30-21)7-19(29-15)35-18-9-34-22-17(31)8-33-23(18)22/h2,4-7,17-18,22-23,27,29,31H,3,8-9H2,1H3/b27-10?,28-2+/t17-,18-,22-,23-/m1/s1. The maximum atomic E-state index is 14.8. The fourth-order valence-corrected chi connectivity index (χ4v) is 4.12. The van der Waals surface area contributed by atoms with Crippen LogP contribution in [0.15, 0.2) is 29.3 Å². The summed E-state index contributed by atoms with van der Waals surface area (Å²) in [4.78, 5) is 10.7. The van der Waals surface area contributed by atoms with Crippen LogP contribution in [0.25, 0.3) is 22.3 Å². The van der Waals surface area contributed by atoms with Crippen molar-refractivity contribution in [1.29, 1.82) is 5.41 Å². The third-order valence-electron chi connectivity index (χ3n) is 5.65. The van der Waals surface area contributed by atoms with Crippen LogP contribution >= 0.6 is 0 Å². The molecule has 4 heterocycles. The maximum Gasteiger partial charge on any atom is 0.193 e. The molecule has 1 aromatic carbocycles. The molecule has 9 nitrogen and oxygen atoms in total. The molecule has 4 atom stereocenters. The zero-order valence-electron chi connectivity index (χ0n) is 18.4. The molecule has 2 aromatic heterocycles. The van der Waals surface area contributed by atoms with Crippen molar-refractivity contribution in [1.82, 2.24) is 9.97 Å². The fraction of sp³-hybridized carbons (Fsp3) is 0.348. The highest BCUT2D eigenvalue weighted by molar-refractivity contribution is 5.85. The van der Waals surface area contributed by atoms with E-state index in [1.807, 2.05) is 0 Å². The summed E-state index contributed by atoms with van der Waals surface area (Å²) < 4.78 is 66.5. The Bertz CT molecular complexity index is 1290. The Balaban J connectivity index is 1.38. The van der Waals surface area contributed by atoms with Crippen molar-refractivity contribution >= 4 is 23.1 Å². The Morgan fingerprint density at radius 3 is 2.66 bits per heavy atom. The second-order valence-corrected chi connectivity index (χ2v) is 8.17. The Morgan fingerprint density at radius 2 is 1.91 bits per heavy atom. The number of aliphatic imine (C=N–C) groups is 1. The average Bonchev–Trinajstić information content (AvgIpc) is 3.48. The SMILES string of the molecule is CC(=N)/N=C/COc1cc(F)c(-c2nc3cc(O[C@@H]4CO[C@H]5[C@@H]4OC[C@H]5O)[nH]c3cc2F)c(F)c1. The van der Waals surface area contributed by atoms with E-state index in [1.54, 1.807) is 0 Å². The van der Waals surface area contributed by atoms with Crippen molar-refractivity contribution in [3.8, 4) is 22.9 Å². The van der Waals surface area contributed by atoms with E-state index < -0.39 is 53.1 Å². The molecule has 0 spiro atoms. The monoisotopic (exact) mass is 490 g/mol. The van der Waals surface area contributed by atoms with Gasteiger partial charge in [0.25, 0.3) is 0 Å². The zero-order chi connectivity index (χ0) is 24.7. The summed E-state index contributed by atoms with van der Waals surface area (Å²) in [6.45, 7) is 1.72. The van der Waals surface area contributed by atoms with Crippen LogP contribution in [0.5, 0.6) is 11.6 Å². The fourth-order valence-electron chi connectivity index (χ4n) is 4.12. The van der Waals surface area contributed by atoms with Gasteiger partial charge in [0, 0.05) is 30.5 Å². The maximum absolute atomic E-state index is 14.8. The summed E-state index contributed by atoms with van der Waals surface area (Å²) in [5, 5.41) is 17.0. The predicted octanol–water partition coefficient (Wildman–Crippen LogP) is 3.00. The molecule has 0 amide bonds. The van der Waals surface area contributed by atoms with E-state index in [2.05, 4.69) is 15.0 Å². The van der Waals surface area contributed by atoms with Crippen molar-refractivity contribution in [3.05, 3.63) is 41.7 Å². The Labute approximate surface area is 197 Å². The van der Waals surface area contributed by atoms with E-state index >= 15 is 0 Å². The average molecular weight is 490 g/mol. The highest BCUT2D eigenvalue weighted by Gasteiger charge is 2.48. The van der Waals surface area contributed by atoms with E-state index in [-0.39, 0.29) is 48.3 Å². The lowest BCUT2D eigenvalue weighted by atomic mass is 10.1. The number of hydrogen-bond donors (Lipinski definition) is 3. The predicted molar refractivity (Wildman–Crippen MR) is 119 cm³/mol. The molecule has 0 unspecified atom stereocenters. The van der Waals surface area contributed by atoms with Gasteiger partial charge in [-0.25, -0.2) is 23.1 Å². The van der Waals surface area contributed by atoms with Gasteiger partial charge in [-0.3, -0.25) is 5.41 Å². The van der Waals surface area contributed by atoms with Gasteiger partial charge in [0.05, 0.1) is 29.8 Å². The number of ether oxygens (including phenoxy) is 4. The number of nitrogens with zero attached hydrogens (tertiary/aromatic N) is 2. The van der Waals surface area contributed by atoms with Crippen molar-refractivity contribution in [3.63, 3.8) is 0 Å². The van der Waals surface area contributed by atoms with Crippen LogP contribution in [-0.2, 0) is 9.47 Å². The normalized spacial score (nSPS) is 23.8. The first-order valence-electron chi connectivity index (χ1n) is 10.8. The summed E-state index contributed by atoms with van der Waals surface area (Å²) >= 11 is 0. The molecule has 0 radical (unpaired) electrons. The number of fused-ring (bicyclic) bond motifs is 2. The highest BCUT2D eigenvalue weighted by Crippen LogP contribution is 2.34. The number of hydrogen-bond acceptors (Lipinski definition) is 7. The van der Waals surface area contributed by atoms with Crippen molar-refractivity contribution in [2.75, 3.05) is 19.8 Å². The second kappa shape index (κ2) is 9.29. The molecule has 2 fully saturated rings. The van der Waals surface area contributed by atoms with Crippen LogP contribution in [-0.4, -0.2) is 71.4 Å². The molecule has 2 aliphatic rings. The number of aromatic amines is 1. The molecule has 12 heteroatoms. The molecule has 0 saturated carbocycles. The Hall–Kier alpha value is -3.48. The number of nitrogens with one attached hydrogen (secondary N) is 2. The van der Waals surface area contributed by atoms with E-state index in [9.17, 15) is 18.3 Å². The van der Waals surface area contributed by atoms with Crippen LogP contribution in [0.2, 0.25) is 0 Å². The van der Waals surface area contributed by atoms with Gasteiger partial charge in [-0.1, -0.05) is 0 Å². The molecule has 0 bridgehead atoms. The van der Waals surface area contributed by atoms with Gasteiger partial charge in [0.15, 0.2) is 17.8 Å². The number of pyridine rings is 1. The lowest BCUT2D eigenvalue weighted by molar-refractivity contribution is 0.00794. The number of aromatic nitrogens is 2. The molecular formula is C23H21F3N4O5. The molecule has 5 rings (SSSR count). The summed E-state index contributed by atoms with van der Waals surface area (Å²) in [5.41, 5.74) is -0.635. The van der Waals surface area contributed by atoms with Gasteiger partial charge in [0.2, 0.25) is 0 Å². The number of aliphatic hydroxyl groups excluding tert-OH is 1.